The SMILES string of the molecule is C=CC(C)c1cccc(C)c1C1CC1. The summed E-state index contributed by atoms with van der Waals surface area (Å²) in [5.41, 5.74) is 4.54. The summed E-state index contributed by atoms with van der Waals surface area (Å²) in [5, 5.41) is 0. The van der Waals surface area contributed by atoms with Crippen LogP contribution < -0.4 is 0 Å². The van der Waals surface area contributed by atoms with Gasteiger partial charge in [-0.25, -0.2) is 0 Å². The van der Waals surface area contributed by atoms with Crippen LogP contribution in [0.5, 0.6) is 0 Å². The van der Waals surface area contributed by atoms with E-state index in [1.165, 1.54) is 24.0 Å². The van der Waals surface area contributed by atoms with Gasteiger partial charge >= 0.3 is 0 Å². The molecule has 0 bridgehead atoms. The Hall–Kier alpha value is -1.04. The number of aryl methyl sites for hydroxylation is 1. The van der Waals surface area contributed by atoms with E-state index in [1.54, 1.807) is 5.56 Å². The van der Waals surface area contributed by atoms with Gasteiger partial charge in [-0.1, -0.05) is 31.2 Å². The van der Waals surface area contributed by atoms with Crippen molar-refractivity contribution in [1.82, 2.24) is 0 Å². The number of rotatable bonds is 3. The first-order chi connectivity index (χ1) is 6.74. The summed E-state index contributed by atoms with van der Waals surface area (Å²) in [6, 6.07) is 6.65. The Morgan fingerprint density at radius 2 is 2.14 bits per heavy atom. The Labute approximate surface area is 86.7 Å². The van der Waals surface area contributed by atoms with Crippen molar-refractivity contribution >= 4 is 0 Å². The van der Waals surface area contributed by atoms with Gasteiger partial charge in [0.25, 0.3) is 0 Å². The smallest absolute Gasteiger partial charge is 0.00102 e. The maximum atomic E-state index is 3.89. The lowest BCUT2D eigenvalue weighted by molar-refractivity contribution is 0.918. The summed E-state index contributed by atoms with van der Waals surface area (Å²) in [5.74, 6) is 1.33. The van der Waals surface area contributed by atoms with Crippen molar-refractivity contribution in [3.8, 4) is 0 Å². The third-order valence-electron chi connectivity index (χ3n) is 3.19. The fourth-order valence-electron chi connectivity index (χ4n) is 2.16. The van der Waals surface area contributed by atoms with E-state index in [2.05, 4.69) is 38.6 Å². The quantitative estimate of drug-likeness (QED) is 0.622. The summed E-state index contributed by atoms with van der Waals surface area (Å²) in [6.07, 6.45) is 4.80. The number of hydrogen-bond acceptors (Lipinski definition) is 0. The van der Waals surface area contributed by atoms with Crippen molar-refractivity contribution < 1.29 is 0 Å². The van der Waals surface area contributed by atoms with Crippen LogP contribution in [0.15, 0.2) is 30.9 Å². The largest absolute Gasteiger partial charge is 0.102 e. The maximum absolute atomic E-state index is 3.89. The average Bonchev–Trinajstić information content (AvgIpc) is 3.00. The van der Waals surface area contributed by atoms with Gasteiger partial charge in [0.05, 0.1) is 0 Å². The molecule has 1 unspecified atom stereocenters. The highest BCUT2D eigenvalue weighted by molar-refractivity contribution is 5.42. The van der Waals surface area contributed by atoms with Crippen LogP contribution in [0.1, 0.15) is 48.3 Å². The fraction of sp³-hybridized carbons (Fsp3) is 0.429. The molecule has 0 amide bonds. The van der Waals surface area contributed by atoms with Crippen molar-refractivity contribution in [1.29, 1.82) is 0 Å². The summed E-state index contributed by atoms with van der Waals surface area (Å²) in [4.78, 5) is 0. The van der Waals surface area contributed by atoms with Gasteiger partial charge < -0.3 is 0 Å². The van der Waals surface area contributed by atoms with E-state index in [0.29, 0.717) is 5.92 Å². The number of benzene rings is 1. The highest BCUT2D eigenvalue weighted by Gasteiger charge is 2.28. The Morgan fingerprint density at radius 3 is 2.71 bits per heavy atom. The first-order valence-corrected chi connectivity index (χ1v) is 5.46. The lowest BCUT2D eigenvalue weighted by atomic mass is 9.90. The molecule has 0 saturated heterocycles. The predicted molar refractivity (Wildman–Crippen MR) is 61.8 cm³/mol. The molecule has 0 heterocycles. The molecule has 1 saturated carbocycles. The zero-order chi connectivity index (χ0) is 10.1. The van der Waals surface area contributed by atoms with Crippen molar-refractivity contribution in [2.24, 2.45) is 0 Å². The zero-order valence-electron chi connectivity index (χ0n) is 9.09. The molecule has 0 N–H and O–H groups in total. The topological polar surface area (TPSA) is 0 Å². The monoisotopic (exact) mass is 186 g/mol. The highest BCUT2D eigenvalue weighted by Crippen LogP contribution is 2.44. The van der Waals surface area contributed by atoms with Crippen molar-refractivity contribution in [3.05, 3.63) is 47.5 Å². The predicted octanol–water partition coefficient (Wildman–Crippen LogP) is 4.16. The highest BCUT2D eigenvalue weighted by atomic mass is 14.3. The molecule has 0 radical (unpaired) electrons. The molecule has 0 aromatic heterocycles. The van der Waals surface area contributed by atoms with Gasteiger partial charge in [0.2, 0.25) is 0 Å². The maximum Gasteiger partial charge on any atom is -0.00102 e. The van der Waals surface area contributed by atoms with Crippen LogP contribution in [0.2, 0.25) is 0 Å². The van der Waals surface area contributed by atoms with Gasteiger partial charge in [0, 0.05) is 0 Å². The van der Waals surface area contributed by atoms with Gasteiger partial charge in [0.15, 0.2) is 0 Å². The minimum Gasteiger partial charge on any atom is -0.102 e. The van der Waals surface area contributed by atoms with Crippen LogP contribution >= 0.6 is 0 Å². The van der Waals surface area contributed by atoms with Crippen molar-refractivity contribution in [2.75, 3.05) is 0 Å². The Bertz CT molecular complexity index is 345. The van der Waals surface area contributed by atoms with Crippen molar-refractivity contribution in [2.45, 2.75) is 38.5 Å². The van der Waals surface area contributed by atoms with Crippen LogP contribution in [-0.4, -0.2) is 0 Å². The second kappa shape index (κ2) is 3.61. The second-order valence-corrected chi connectivity index (χ2v) is 4.38. The van der Waals surface area contributed by atoms with Gasteiger partial charge in [-0.2, -0.15) is 0 Å². The molecule has 0 aliphatic heterocycles. The Morgan fingerprint density at radius 1 is 1.43 bits per heavy atom. The van der Waals surface area contributed by atoms with E-state index in [4.69, 9.17) is 0 Å². The van der Waals surface area contributed by atoms with Crippen LogP contribution in [-0.2, 0) is 0 Å². The van der Waals surface area contributed by atoms with Gasteiger partial charge in [-0.05, 0) is 48.3 Å². The Kier molecular flexibility index (Phi) is 2.45. The molecule has 2 rings (SSSR count). The molecule has 1 aliphatic rings. The summed E-state index contributed by atoms with van der Waals surface area (Å²) in [7, 11) is 0. The van der Waals surface area contributed by atoms with Crippen LogP contribution in [0.3, 0.4) is 0 Å². The van der Waals surface area contributed by atoms with E-state index < -0.39 is 0 Å². The van der Waals surface area contributed by atoms with E-state index in [-0.39, 0.29) is 0 Å². The molecule has 0 spiro atoms. The van der Waals surface area contributed by atoms with Crippen molar-refractivity contribution in [3.63, 3.8) is 0 Å². The van der Waals surface area contributed by atoms with Crippen LogP contribution in [0.4, 0.5) is 0 Å². The molecule has 1 fully saturated rings. The zero-order valence-corrected chi connectivity index (χ0v) is 9.09. The average molecular weight is 186 g/mol. The molecule has 1 aromatic rings. The summed E-state index contributed by atoms with van der Waals surface area (Å²) in [6.45, 7) is 8.35. The Balaban J connectivity index is 2.46. The molecule has 1 aliphatic carbocycles. The molecule has 1 atom stereocenters. The first-order valence-electron chi connectivity index (χ1n) is 5.46. The second-order valence-electron chi connectivity index (χ2n) is 4.38. The summed E-state index contributed by atoms with van der Waals surface area (Å²) < 4.78 is 0. The van der Waals surface area contributed by atoms with Gasteiger partial charge in [0.1, 0.15) is 0 Å². The number of hydrogen-bond donors (Lipinski definition) is 0. The van der Waals surface area contributed by atoms with E-state index in [9.17, 15) is 0 Å². The molecular formula is C14H18. The molecule has 0 nitrogen and oxygen atoms in total. The lowest BCUT2D eigenvalue weighted by Crippen LogP contribution is -1.98. The lowest BCUT2D eigenvalue weighted by Gasteiger charge is -2.15. The van der Waals surface area contributed by atoms with Gasteiger partial charge in [-0.3, -0.25) is 0 Å². The molecular weight excluding hydrogens is 168 g/mol. The fourth-order valence-corrected chi connectivity index (χ4v) is 2.16. The van der Waals surface area contributed by atoms with E-state index >= 15 is 0 Å². The normalized spacial score (nSPS) is 17.9. The minimum atomic E-state index is 0.491. The van der Waals surface area contributed by atoms with E-state index in [0.717, 1.165) is 5.92 Å². The number of allylic oxidation sites excluding steroid dienone is 1. The van der Waals surface area contributed by atoms with Crippen LogP contribution in [0.25, 0.3) is 0 Å². The molecule has 1 aromatic carbocycles. The third kappa shape index (κ3) is 1.61. The standard InChI is InChI=1S/C14H18/c1-4-10(2)13-7-5-6-11(3)14(13)12-8-9-12/h4-7,10,12H,1,8-9H2,2-3H3. The summed E-state index contributed by atoms with van der Waals surface area (Å²) >= 11 is 0. The van der Waals surface area contributed by atoms with Crippen LogP contribution in [0, 0.1) is 6.92 Å². The minimum absolute atomic E-state index is 0.491. The van der Waals surface area contributed by atoms with E-state index in [1.807, 2.05) is 6.08 Å². The molecule has 14 heavy (non-hydrogen) atoms. The molecule has 74 valence electrons. The molecule has 0 heteroatoms. The van der Waals surface area contributed by atoms with Gasteiger partial charge in [-0.15, -0.1) is 6.58 Å². The third-order valence-corrected chi connectivity index (χ3v) is 3.19. The first kappa shape index (κ1) is 9.51.